The Morgan fingerprint density at radius 1 is 1.35 bits per heavy atom. The van der Waals surface area contributed by atoms with Crippen molar-refractivity contribution in [1.29, 1.82) is 0 Å². The number of carbonyl (C=O) groups is 2. The maximum absolute atomic E-state index is 12.2. The predicted octanol–water partition coefficient (Wildman–Crippen LogP) is 1.40. The van der Waals surface area contributed by atoms with E-state index >= 15 is 0 Å². The summed E-state index contributed by atoms with van der Waals surface area (Å²) in [5.74, 6) is -0.0881. The van der Waals surface area contributed by atoms with Crippen LogP contribution in [0.4, 0.5) is 4.79 Å². The van der Waals surface area contributed by atoms with Gasteiger partial charge >= 0.3 is 6.03 Å². The van der Waals surface area contributed by atoms with Crippen LogP contribution in [-0.2, 0) is 9.53 Å². The van der Waals surface area contributed by atoms with Gasteiger partial charge in [-0.1, -0.05) is 25.8 Å². The zero-order chi connectivity index (χ0) is 12.3. The van der Waals surface area contributed by atoms with Crippen LogP contribution >= 0.6 is 0 Å². The Hall–Kier alpha value is -1.52. The highest BCUT2D eigenvalue weighted by molar-refractivity contribution is 6.07. The van der Waals surface area contributed by atoms with Gasteiger partial charge in [0, 0.05) is 0 Å². The molecule has 5 nitrogen and oxygen atoms in total. The fourth-order valence-electron chi connectivity index (χ4n) is 2.60. The second kappa shape index (κ2) is 4.77. The molecule has 0 aromatic heterocycles. The molecule has 3 amide bonds. The monoisotopic (exact) mass is 238 g/mol. The Bertz CT molecular complexity index is 335. The Kier molecular flexibility index (Phi) is 3.36. The summed E-state index contributed by atoms with van der Waals surface area (Å²) in [5, 5.41) is 2.85. The number of amides is 3. The van der Waals surface area contributed by atoms with Crippen molar-refractivity contribution < 1.29 is 14.3 Å². The highest BCUT2D eigenvalue weighted by atomic mass is 16.5. The SMILES string of the molecule is C=COCCN1C(=O)NC2(CCCCC2)C1=O. The third-order valence-corrected chi connectivity index (χ3v) is 3.50. The van der Waals surface area contributed by atoms with E-state index in [0.29, 0.717) is 13.2 Å². The van der Waals surface area contributed by atoms with Crippen molar-refractivity contribution in [2.45, 2.75) is 37.6 Å². The van der Waals surface area contributed by atoms with E-state index in [1.54, 1.807) is 0 Å². The van der Waals surface area contributed by atoms with Gasteiger partial charge in [-0.2, -0.15) is 0 Å². The molecule has 0 radical (unpaired) electrons. The molecule has 1 spiro atoms. The summed E-state index contributed by atoms with van der Waals surface area (Å²) in [6.45, 7) is 4.01. The summed E-state index contributed by atoms with van der Waals surface area (Å²) < 4.78 is 4.96. The van der Waals surface area contributed by atoms with Crippen molar-refractivity contribution in [3.05, 3.63) is 12.8 Å². The van der Waals surface area contributed by atoms with Gasteiger partial charge in [0.05, 0.1) is 12.8 Å². The quantitative estimate of drug-likeness (QED) is 0.457. The van der Waals surface area contributed by atoms with E-state index in [4.69, 9.17) is 4.74 Å². The average molecular weight is 238 g/mol. The fraction of sp³-hybridized carbons (Fsp3) is 0.667. The van der Waals surface area contributed by atoms with Crippen molar-refractivity contribution in [3.8, 4) is 0 Å². The first-order valence-corrected chi connectivity index (χ1v) is 6.06. The van der Waals surface area contributed by atoms with Gasteiger partial charge in [0.2, 0.25) is 0 Å². The van der Waals surface area contributed by atoms with Crippen LogP contribution in [0.25, 0.3) is 0 Å². The van der Waals surface area contributed by atoms with Crippen LogP contribution in [-0.4, -0.2) is 35.5 Å². The summed E-state index contributed by atoms with van der Waals surface area (Å²) in [6.07, 6.45) is 5.98. The summed E-state index contributed by atoms with van der Waals surface area (Å²) in [7, 11) is 0. The molecule has 1 aliphatic carbocycles. The standard InChI is InChI=1S/C12H18N2O3/c1-2-17-9-8-14-10(15)12(13-11(14)16)6-4-3-5-7-12/h2H,1,3-9H2,(H,13,16). The van der Waals surface area contributed by atoms with Crippen LogP contribution in [0, 0.1) is 0 Å². The Balaban J connectivity index is 2.02. The average Bonchev–Trinajstić information content (AvgIpc) is 2.55. The summed E-state index contributed by atoms with van der Waals surface area (Å²) in [4.78, 5) is 25.3. The van der Waals surface area contributed by atoms with Gasteiger partial charge < -0.3 is 10.1 Å². The van der Waals surface area contributed by atoms with E-state index in [1.165, 1.54) is 11.2 Å². The molecule has 1 aliphatic heterocycles. The number of ether oxygens (including phenoxy) is 1. The number of nitrogens with zero attached hydrogens (tertiary/aromatic N) is 1. The Morgan fingerprint density at radius 3 is 2.71 bits per heavy atom. The smallest absolute Gasteiger partial charge is 0.325 e. The van der Waals surface area contributed by atoms with Crippen molar-refractivity contribution in [2.75, 3.05) is 13.2 Å². The number of hydrogen-bond acceptors (Lipinski definition) is 3. The van der Waals surface area contributed by atoms with Crippen molar-refractivity contribution in [3.63, 3.8) is 0 Å². The van der Waals surface area contributed by atoms with E-state index in [-0.39, 0.29) is 11.9 Å². The molecule has 2 rings (SSSR count). The zero-order valence-corrected chi connectivity index (χ0v) is 9.91. The molecule has 2 aliphatic rings. The Morgan fingerprint density at radius 2 is 2.06 bits per heavy atom. The van der Waals surface area contributed by atoms with Gasteiger partial charge in [-0.3, -0.25) is 9.69 Å². The van der Waals surface area contributed by atoms with Crippen LogP contribution < -0.4 is 5.32 Å². The predicted molar refractivity (Wildman–Crippen MR) is 62.2 cm³/mol. The highest BCUT2D eigenvalue weighted by Crippen LogP contribution is 2.33. The van der Waals surface area contributed by atoms with Gasteiger partial charge in [0.15, 0.2) is 0 Å². The molecule has 1 heterocycles. The number of carbonyl (C=O) groups excluding carboxylic acids is 2. The first kappa shape index (κ1) is 12.0. The molecule has 17 heavy (non-hydrogen) atoms. The van der Waals surface area contributed by atoms with E-state index in [0.717, 1.165) is 32.1 Å². The van der Waals surface area contributed by atoms with E-state index in [1.807, 2.05) is 0 Å². The first-order chi connectivity index (χ1) is 8.19. The van der Waals surface area contributed by atoms with E-state index < -0.39 is 5.54 Å². The van der Waals surface area contributed by atoms with Crippen LogP contribution in [0.5, 0.6) is 0 Å². The zero-order valence-electron chi connectivity index (χ0n) is 9.91. The minimum Gasteiger partial charge on any atom is -0.500 e. The first-order valence-electron chi connectivity index (χ1n) is 6.06. The maximum Gasteiger partial charge on any atom is 0.325 e. The molecule has 1 N–H and O–H groups in total. The van der Waals surface area contributed by atoms with Crippen molar-refractivity contribution >= 4 is 11.9 Å². The van der Waals surface area contributed by atoms with E-state index in [2.05, 4.69) is 11.9 Å². The van der Waals surface area contributed by atoms with Gasteiger partial charge in [-0.25, -0.2) is 4.79 Å². The number of rotatable bonds is 4. The van der Waals surface area contributed by atoms with E-state index in [9.17, 15) is 9.59 Å². The summed E-state index contributed by atoms with van der Waals surface area (Å²) >= 11 is 0. The van der Waals surface area contributed by atoms with Gasteiger partial charge in [-0.05, 0) is 12.8 Å². The number of hydrogen-bond donors (Lipinski definition) is 1. The highest BCUT2D eigenvalue weighted by Gasteiger charge is 2.50. The summed E-state index contributed by atoms with van der Waals surface area (Å²) in [6, 6.07) is -0.287. The minimum atomic E-state index is -0.622. The molecular formula is C12H18N2O3. The minimum absolute atomic E-state index is 0.0881. The lowest BCUT2D eigenvalue weighted by Gasteiger charge is -2.30. The largest absolute Gasteiger partial charge is 0.500 e. The molecule has 0 unspecified atom stereocenters. The molecule has 0 aromatic rings. The molecule has 0 bridgehead atoms. The molecule has 1 saturated heterocycles. The van der Waals surface area contributed by atoms with Crippen LogP contribution in [0.2, 0.25) is 0 Å². The van der Waals surface area contributed by atoms with Gasteiger partial charge in [-0.15, -0.1) is 0 Å². The third kappa shape index (κ3) is 2.14. The maximum atomic E-state index is 12.2. The number of imide groups is 1. The molecule has 1 saturated carbocycles. The molecule has 0 aromatic carbocycles. The van der Waals surface area contributed by atoms with Crippen LogP contribution in [0.1, 0.15) is 32.1 Å². The van der Waals surface area contributed by atoms with Crippen LogP contribution in [0.3, 0.4) is 0 Å². The van der Waals surface area contributed by atoms with Gasteiger partial charge in [0.25, 0.3) is 5.91 Å². The normalized spacial score (nSPS) is 22.7. The topological polar surface area (TPSA) is 58.6 Å². The van der Waals surface area contributed by atoms with Crippen molar-refractivity contribution in [1.82, 2.24) is 10.2 Å². The molecule has 5 heteroatoms. The fourth-order valence-corrected chi connectivity index (χ4v) is 2.60. The molecule has 0 atom stereocenters. The lowest BCUT2D eigenvalue weighted by Crippen LogP contribution is -2.48. The number of nitrogens with one attached hydrogen (secondary N) is 1. The second-order valence-corrected chi connectivity index (χ2v) is 4.57. The molecular weight excluding hydrogens is 220 g/mol. The van der Waals surface area contributed by atoms with Gasteiger partial charge in [0.1, 0.15) is 12.1 Å². The summed E-state index contributed by atoms with van der Waals surface area (Å²) in [5.41, 5.74) is -0.622. The molecule has 2 fully saturated rings. The van der Waals surface area contributed by atoms with Crippen molar-refractivity contribution in [2.24, 2.45) is 0 Å². The lowest BCUT2D eigenvalue weighted by atomic mass is 9.82. The van der Waals surface area contributed by atoms with Crippen LogP contribution in [0.15, 0.2) is 12.8 Å². The lowest BCUT2D eigenvalue weighted by molar-refractivity contribution is -0.132. The second-order valence-electron chi connectivity index (χ2n) is 4.57. The Labute approximate surface area is 101 Å². The third-order valence-electron chi connectivity index (χ3n) is 3.50. The molecule has 94 valence electrons. The number of urea groups is 1.